The maximum absolute atomic E-state index is 6.06. The standard InChI is InChI=1S/C19H17ClN4O/c1-11-16-14-8-9-21-19(24(2)3)17(14)18(22-10-15(16)25-23-11)12-4-6-13(20)7-5-12/h4-9H,10H2,1-3H3. The molecule has 0 N–H and O–H groups in total. The lowest BCUT2D eigenvalue weighted by molar-refractivity contribution is 0.382. The van der Waals surface area contributed by atoms with Crippen LogP contribution in [0.15, 0.2) is 46.0 Å². The highest BCUT2D eigenvalue weighted by Gasteiger charge is 2.27. The van der Waals surface area contributed by atoms with Crippen molar-refractivity contribution in [3.05, 3.63) is 64.1 Å². The molecule has 0 saturated carbocycles. The van der Waals surface area contributed by atoms with Gasteiger partial charge in [-0.15, -0.1) is 0 Å². The van der Waals surface area contributed by atoms with Crippen LogP contribution in [0.3, 0.4) is 0 Å². The maximum atomic E-state index is 6.06. The molecule has 4 rings (SSSR count). The van der Waals surface area contributed by atoms with E-state index in [0.717, 1.165) is 45.2 Å². The fourth-order valence-corrected chi connectivity index (χ4v) is 3.30. The number of pyridine rings is 1. The zero-order chi connectivity index (χ0) is 17.6. The number of halogens is 1. The number of benzene rings is 1. The first-order valence-corrected chi connectivity index (χ1v) is 8.36. The number of aliphatic imine (C=N–C) groups is 1. The van der Waals surface area contributed by atoms with Gasteiger partial charge in [-0.1, -0.05) is 28.9 Å². The van der Waals surface area contributed by atoms with Crippen LogP contribution in [-0.4, -0.2) is 29.9 Å². The first kappa shape index (κ1) is 15.8. The third-order valence-electron chi connectivity index (χ3n) is 4.29. The molecule has 3 heterocycles. The zero-order valence-electron chi connectivity index (χ0n) is 14.2. The average Bonchev–Trinajstić information content (AvgIpc) is 2.87. The number of aryl methyl sites for hydroxylation is 1. The highest BCUT2D eigenvalue weighted by molar-refractivity contribution is 6.30. The fourth-order valence-electron chi connectivity index (χ4n) is 3.17. The van der Waals surface area contributed by atoms with Gasteiger partial charge in [0.05, 0.1) is 22.5 Å². The number of fused-ring (bicyclic) bond motifs is 3. The summed E-state index contributed by atoms with van der Waals surface area (Å²) in [4.78, 5) is 11.4. The van der Waals surface area contributed by atoms with Crippen molar-refractivity contribution in [3.8, 4) is 11.1 Å². The van der Waals surface area contributed by atoms with E-state index in [2.05, 4.69) is 10.1 Å². The Balaban J connectivity index is 2.03. The maximum Gasteiger partial charge on any atom is 0.166 e. The molecular weight excluding hydrogens is 336 g/mol. The molecule has 0 spiro atoms. The molecule has 0 aliphatic carbocycles. The topological polar surface area (TPSA) is 54.5 Å². The molecule has 0 saturated heterocycles. The Morgan fingerprint density at radius 2 is 1.84 bits per heavy atom. The molecule has 126 valence electrons. The molecule has 0 unspecified atom stereocenters. The van der Waals surface area contributed by atoms with Crippen molar-refractivity contribution >= 4 is 23.1 Å². The quantitative estimate of drug-likeness (QED) is 0.696. The molecule has 0 amide bonds. The van der Waals surface area contributed by atoms with Crippen molar-refractivity contribution in [1.82, 2.24) is 10.1 Å². The van der Waals surface area contributed by atoms with Crippen LogP contribution < -0.4 is 4.90 Å². The predicted octanol–water partition coefficient (Wildman–Crippen LogP) is 4.12. The molecule has 1 aromatic carbocycles. The van der Waals surface area contributed by atoms with Gasteiger partial charge in [0, 0.05) is 36.4 Å². The molecule has 25 heavy (non-hydrogen) atoms. The summed E-state index contributed by atoms with van der Waals surface area (Å²) in [6.07, 6.45) is 1.81. The lowest BCUT2D eigenvalue weighted by atomic mass is 9.94. The van der Waals surface area contributed by atoms with Gasteiger partial charge < -0.3 is 9.42 Å². The second-order valence-electron chi connectivity index (χ2n) is 6.19. The third-order valence-corrected chi connectivity index (χ3v) is 4.54. The normalized spacial score (nSPS) is 12.9. The summed E-state index contributed by atoms with van der Waals surface area (Å²) in [6.45, 7) is 2.39. The molecule has 6 heteroatoms. The monoisotopic (exact) mass is 352 g/mol. The second-order valence-corrected chi connectivity index (χ2v) is 6.63. The van der Waals surface area contributed by atoms with Gasteiger partial charge in [-0.3, -0.25) is 4.99 Å². The zero-order valence-corrected chi connectivity index (χ0v) is 15.0. The minimum atomic E-state index is 0.440. The Hall–Kier alpha value is -2.66. The van der Waals surface area contributed by atoms with Crippen molar-refractivity contribution in [1.29, 1.82) is 0 Å². The molecular formula is C19H17ClN4O. The smallest absolute Gasteiger partial charge is 0.166 e. The Labute approximate surface area is 151 Å². The van der Waals surface area contributed by atoms with Crippen LogP contribution in [0, 0.1) is 6.92 Å². The second kappa shape index (κ2) is 6.01. The molecule has 5 nitrogen and oxygen atoms in total. The van der Waals surface area contributed by atoms with Crippen LogP contribution >= 0.6 is 11.6 Å². The molecule has 0 atom stereocenters. The Bertz CT molecular complexity index is 974. The van der Waals surface area contributed by atoms with Crippen LogP contribution in [0.1, 0.15) is 22.6 Å². The van der Waals surface area contributed by atoms with Gasteiger partial charge in [-0.05, 0) is 25.1 Å². The number of rotatable bonds is 2. The average molecular weight is 353 g/mol. The Morgan fingerprint density at radius 3 is 2.56 bits per heavy atom. The van der Waals surface area contributed by atoms with Crippen LogP contribution in [0.2, 0.25) is 5.02 Å². The summed E-state index contributed by atoms with van der Waals surface area (Å²) in [5.74, 6) is 1.64. The minimum absolute atomic E-state index is 0.440. The van der Waals surface area contributed by atoms with Gasteiger partial charge in [0.25, 0.3) is 0 Å². The molecule has 0 radical (unpaired) electrons. The van der Waals surface area contributed by atoms with Crippen molar-refractivity contribution in [2.75, 3.05) is 19.0 Å². The highest BCUT2D eigenvalue weighted by Crippen LogP contribution is 2.38. The van der Waals surface area contributed by atoms with Crippen LogP contribution in [0.25, 0.3) is 11.1 Å². The van der Waals surface area contributed by atoms with Gasteiger partial charge in [-0.2, -0.15) is 0 Å². The largest absolute Gasteiger partial charge is 0.362 e. The van der Waals surface area contributed by atoms with Gasteiger partial charge >= 0.3 is 0 Å². The van der Waals surface area contributed by atoms with Crippen molar-refractivity contribution in [2.45, 2.75) is 13.5 Å². The Morgan fingerprint density at radius 1 is 1.08 bits per heavy atom. The van der Waals surface area contributed by atoms with Gasteiger partial charge in [0.15, 0.2) is 5.76 Å². The lowest BCUT2D eigenvalue weighted by Gasteiger charge is -2.19. The summed E-state index contributed by atoms with van der Waals surface area (Å²) < 4.78 is 5.52. The summed E-state index contributed by atoms with van der Waals surface area (Å²) in [6, 6.07) is 9.72. The number of hydrogen-bond donors (Lipinski definition) is 0. The molecule has 0 fully saturated rings. The lowest BCUT2D eigenvalue weighted by Crippen LogP contribution is -2.17. The van der Waals surface area contributed by atoms with E-state index >= 15 is 0 Å². The minimum Gasteiger partial charge on any atom is -0.362 e. The summed E-state index contributed by atoms with van der Waals surface area (Å²) >= 11 is 6.06. The van der Waals surface area contributed by atoms with Crippen LogP contribution in [-0.2, 0) is 6.54 Å². The first-order valence-electron chi connectivity index (χ1n) is 7.99. The summed E-state index contributed by atoms with van der Waals surface area (Å²) in [5.41, 5.74) is 5.78. The van der Waals surface area contributed by atoms with Crippen LogP contribution in [0.5, 0.6) is 0 Å². The molecule has 2 aromatic heterocycles. The first-order chi connectivity index (χ1) is 12.1. The number of nitrogens with zero attached hydrogens (tertiary/aromatic N) is 4. The van der Waals surface area contributed by atoms with E-state index in [4.69, 9.17) is 21.1 Å². The molecule has 0 bridgehead atoms. The van der Waals surface area contributed by atoms with E-state index in [1.54, 1.807) is 0 Å². The number of anilines is 1. The van der Waals surface area contributed by atoms with Gasteiger partial charge in [0.1, 0.15) is 12.4 Å². The SMILES string of the molecule is Cc1noc2c1-c1ccnc(N(C)C)c1C(c1ccc(Cl)cc1)=NC2. The van der Waals surface area contributed by atoms with E-state index in [0.29, 0.717) is 11.6 Å². The van der Waals surface area contributed by atoms with Gasteiger partial charge in [0.2, 0.25) is 0 Å². The predicted molar refractivity (Wildman–Crippen MR) is 99.6 cm³/mol. The van der Waals surface area contributed by atoms with E-state index < -0.39 is 0 Å². The van der Waals surface area contributed by atoms with Crippen molar-refractivity contribution in [3.63, 3.8) is 0 Å². The summed E-state index contributed by atoms with van der Waals surface area (Å²) in [5, 5.41) is 4.83. The van der Waals surface area contributed by atoms with E-state index in [1.807, 2.05) is 62.4 Å². The van der Waals surface area contributed by atoms with Gasteiger partial charge in [-0.25, -0.2) is 4.98 Å². The molecule has 1 aliphatic rings. The fraction of sp³-hybridized carbons (Fsp3) is 0.211. The van der Waals surface area contributed by atoms with E-state index in [-0.39, 0.29) is 0 Å². The van der Waals surface area contributed by atoms with E-state index in [9.17, 15) is 0 Å². The molecule has 3 aromatic rings. The summed E-state index contributed by atoms with van der Waals surface area (Å²) in [7, 11) is 3.96. The number of hydrogen-bond acceptors (Lipinski definition) is 5. The van der Waals surface area contributed by atoms with Crippen LogP contribution in [0.4, 0.5) is 5.82 Å². The Kier molecular flexibility index (Phi) is 3.81. The van der Waals surface area contributed by atoms with Crippen molar-refractivity contribution < 1.29 is 4.52 Å². The third kappa shape index (κ3) is 2.61. The van der Waals surface area contributed by atoms with Crippen molar-refractivity contribution in [2.24, 2.45) is 4.99 Å². The molecule has 1 aliphatic heterocycles. The number of aromatic nitrogens is 2. The highest BCUT2D eigenvalue weighted by atomic mass is 35.5. The van der Waals surface area contributed by atoms with E-state index in [1.165, 1.54) is 0 Å².